The summed E-state index contributed by atoms with van der Waals surface area (Å²) in [5.41, 5.74) is 1.24. The lowest BCUT2D eigenvalue weighted by molar-refractivity contribution is -0.138. The van der Waals surface area contributed by atoms with Gasteiger partial charge in [0.05, 0.1) is 5.92 Å². The van der Waals surface area contributed by atoms with Crippen molar-refractivity contribution < 1.29 is 4.79 Å². The monoisotopic (exact) mass is 418 g/mol. The molecule has 2 aliphatic carbocycles. The molecule has 2 saturated carbocycles. The van der Waals surface area contributed by atoms with Crippen molar-refractivity contribution in [3.05, 3.63) is 34.3 Å². The highest BCUT2D eigenvalue weighted by Crippen LogP contribution is 2.36. The summed E-state index contributed by atoms with van der Waals surface area (Å²) in [6.07, 6.45) is 10.4. The Balaban J connectivity index is 1.41. The zero-order chi connectivity index (χ0) is 17.9. The second-order valence-corrected chi connectivity index (χ2v) is 9.49. The summed E-state index contributed by atoms with van der Waals surface area (Å²) in [7, 11) is 0. The molecular formula is C22H31BrN2O. The van der Waals surface area contributed by atoms with Crippen molar-refractivity contribution in [2.75, 3.05) is 13.1 Å². The number of nitrogens with zero attached hydrogens (tertiary/aromatic N) is 1. The average molecular weight is 419 g/mol. The lowest BCUT2D eigenvalue weighted by atomic mass is 9.74. The van der Waals surface area contributed by atoms with E-state index in [4.69, 9.17) is 0 Å². The molecule has 2 unspecified atom stereocenters. The molecule has 1 aromatic carbocycles. The van der Waals surface area contributed by atoms with Crippen LogP contribution in [0, 0.1) is 17.8 Å². The fraction of sp³-hybridized carbons (Fsp3) is 0.682. The minimum atomic E-state index is 0.173. The summed E-state index contributed by atoms with van der Waals surface area (Å²) in [5.74, 6) is 2.11. The first-order chi connectivity index (χ1) is 12.7. The smallest absolute Gasteiger partial charge is 0.227 e. The number of nitrogens with one attached hydrogen (secondary N) is 1. The van der Waals surface area contributed by atoms with E-state index in [0.717, 1.165) is 36.4 Å². The Labute approximate surface area is 166 Å². The first-order valence-corrected chi connectivity index (χ1v) is 11.3. The van der Waals surface area contributed by atoms with E-state index in [1.54, 1.807) is 0 Å². The van der Waals surface area contributed by atoms with E-state index in [2.05, 4.69) is 50.4 Å². The third-order valence-corrected chi connectivity index (χ3v) is 7.12. The maximum absolute atomic E-state index is 13.4. The molecule has 3 aliphatic rings. The predicted octanol–water partition coefficient (Wildman–Crippen LogP) is 4.75. The number of carbonyl (C=O) groups excluding carboxylic acids is 1. The number of benzene rings is 1. The minimum Gasteiger partial charge on any atom is -0.335 e. The van der Waals surface area contributed by atoms with E-state index >= 15 is 0 Å². The number of hydrogen-bond acceptors (Lipinski definition) is 2. The van der Waals surface area contributed by atoms with Gasteiger partial charge in [0.2, 0.25) is 5.91 Å². The number of piperidine rings is 1. The van der Waals surface area contributed by atoms with Crippen LogP contribution in [0.4, 0.5) is 0 Å². The van der Waals surface area contributed by atoms with E-state index in [1.807, 2.05) is 0 Å². The summed E-state index contributed by atoms with van der Waals surface area (Å²) in [6, 6.07) is 8.90. The number of hydrogen-bond donors (Lipinski definition) is 1. The maximum Gasteiger partial charge on any atom is 0.227 e. The quantitative estimate of drug-likeness (QED) is 0.748. The fourth-order valence-electron chi connectivity index (χ4n) is 4.92. The van der Waals surface area contributed by atoms with Gasteiger partial charge in [0, 0.05) is 23.6 Å². The molecule has 1 heterocycles. The van der Waals surface area contributed by atoms with E-state index in [9.17, 15) is 4.79 Å². The van der Waals surface area contributed by atoms with Crippen LogP contribution in [0.5, 0.6) is 0 Å². The third-order valence-electron chi connectivity index (χ3n) is 6.59. The molecular weight excluding hydrogens is 388 g/mol. The van der Waals surface area contributed by atoms with Crippen LogP contribution in [0.1, 0.15) is 56.9 Å². The van der Waals surface area contributed by atoms with Crippen LogP contribution in [-0.2, 0) is 11.3 Å². The van der Waals surface area contributed by atoms with Gasteiger partial charge in [-0.2, -0.15) is 0 Å². The van der Waals surface area contributed by atoms with E-state index in [0.29, 0.717) is 17.9 Å². The molecule has 4 heteroatoms. The minimum absolute atomic E-state index is 0.173. The Bertz CT molecular complexity index is 607. The standard InChI is InChI=1S/C22H31BrN2O/c23-20-8-6-16(7-9-20)15-25(21-10-11-21)22(26)19-12-18(13-24-14-19)17-4-2-1-3-5-17/h6-9,17-19,21,24H,1-5,10-15H2. The second kappa shape index (κ2) is 8.43. The molecule has 1 aromatic rings. The normalized spacial score (nSPS) is 27.3. The number of carbonyl (C=O) groups is 1. The number of rotatable bonds is 5. The van der Waals surface area contributed by atoms with E-state index < -0.39 is 0 Å². The summed E-state index contributed by atoms with van der Waals surface area (Å²) in [4.78, 5) is 15.5. The van der Waals surface area contributed by atoms with Crippen LogP contribution >= 0.6 is 15.9 Å². The molecule has 3 nitrogen and oxygen atoms in total. The van der Waals surface area contributed by atoms with Crippen molar-refractivity contribution in [2.24, 2.45) is 17.8 Å². The van der Waals surface area contributed by atoms with Gasteiger partial charge in [-0.3, -0.25) is 4.79 Å². The highest BCUT2D eigenvalue weighted by molar-refractivity contribution is 9.10. The Morgan fingerprint density at radius 1 is 1.00 bits per heavy atom. The van der Waals surface area contributed by atoms with Crippen LogP contribution in [0.15, 0.2) is 28.7 Å². The molecule has 142 valence electrons. The average Bonchev–Trinajstić information content (AvgIpc) is 3.53. The fourth-order valence-corrected chi connectivity index (χ4v) is 5.19. The van der Waals surface area contributed by atoms with Crippen molar-refractivity contribution in [3.8, 4) is 0 Å². The third kappa shape index (κ3) is 4.51. The Morgan fingerprint density at radius 2 is 1.73 bits per heavy atom. The Kier molecular flexibility index (Phi) is 6.00. The molecule has 26 heavy (non-hydrogen) atoms. The van der Waals surface area contributed by atoms with Gasteiger partial charge in [0.1, 0.15) is 0 Å². The van der Waals surface area contributed by atoms with Gasteiger partial charge in [0.25, 0.3) is 0 Å². The molecule has 1 N–H and O–H groups in total. The predicted molar refractivity (Wildman–Crippen MR) is 109 cm³/mol. The molecule has 1 amide bonds. The zero-order valence-electron chi connectivity index (χ0n) is 15.6. The van der Waals surface area contributed by atoms with Gasteiger partial charge >= 0.3 is 0 Å². The molecule has 1 aliphatic heterocycles. The topological polar surface area (TPSA) is 32.3 Å². The van der Waals surface area contributed by atoms with Gasteiger partial charge in [-0.05, 0) is 55.3 Å². The lowest BCUT2D eigenvalue weighted by Crippen LogP contribution is -2.47. The summed E-state index contributed by atoms with van der Waals surface area (Å²) >= 11 is 3.50. The molecule has 3 fully saturated rings. The molecule has 0 bridgehead atoms. The largest absolute Gasteiger partial charge is 0.335 e. The van der Waals surface area contributed by atoms with Crippen LogP contribution in [-0.4, -0.2) is 29.9 Å². The molecule has 4 rings (SSSR count). The van der Waals surface area contributed by atoms with Crippen molar-refractivity contribution in [1.29, 1.82) is 0 Å². The molecule has 1 saturated heterocycles. The molecule has 0 aromatic heterocycles. The van der Waals surface area contributed by atoms with Crippen molar-refractivity contribution in [3.63, 3.8) is 0 Å². The van der Waals surface area contributed by atoms with Gasteiger partial charge in [-0.15, -0.1) is 0 Å². The number of amides is 1. The SMILES string of the molecule is O=C(C1CNCC(C2CCCCC2)C1)N(Cc1ccc(Br)cc1)C1CC1. The van der Waals surface area contributed by atoms with Crippen LogP contribution in [0.2, 0.25) is 0 Å². The molecule has 0 radical (unpaired) electrons. The van der Waals surface area contributed by atoms with Crippen LogP contribution in [0.3, 0.4) is 0 Å². The van der Waals surface area contributed by atoms with Crippen molar-refractivity contribution >= 4 is 21.8 Å². The van der Waals surface area contributed by atoms with Crippen molar-refractivity contribution in [2.45, 2.75) is 64.0 Å². The first kappa shape index (κ1) is 18.5. The van der Waals surface area contributed by atoms with Gasteiger partial charge in [-0.1, -0.05) is 60.2 Å². The van der Waals surface area contributed by atoms with Gasteiger partial charge in [0.15, 0.2) is 0 Å². The van der Waals surface area contributed by atoms with Crippen LogP contribution in [0.25, 0.3) is 0 Å². The molecule has 0 spiro atoms. The molecule has 2 atom stereocenters. The first-order valence-electron chi connectivity index (χ1n) is 10.5. The van der Waals surface area contributed by atoms with E-state index in [1.165, 1.54) is 50.5 Å². The highest BCUT2D eigenvalue weighted by Gasteiger charge is 2.39. The van der Waals surface area contributed by atoms with Gasteiger partial charge in [-0.25, -0.2) is 0 Å². The second-order valence-electron chi connectivity index (χ2n) is 8.57. The lowest BCUT2D eigenvalue weighted by Gasteiger charge is -2.38. The van der Waals surface area contributed by atoms with E-state index in [-0.39, 0.29) is 5.92 Å². The van der Waals surface area contributed by atoms with Gasteiger partial charge < -0.3 is 10.2 Å². The number of halogens is 1. The summed E-state index contributed by atoms with van der Waals surface area (Å²) < 4.78 is 1.09. The Hall–Kier alpha value is -0.870. The highest BCUT2D eigenvalue weighted by atomic mass is 79.9. The van der Waals surface area contributed by atoms with Crippen LogP contribution < -0.4 is 5.32 Å². The Morgan fingerprint density at radius 3 is 2.42 bits per heavy atom. The zero-order valence-corrected chi connectivity index (χ0v) is 17.2. The summed E-state index contributed by atoms with van der Waals surface area (Å²) in [5, 5.41) is 3.59. The van der Waals surface area contributed by atoms with Crippen molar-refractivity contribution in [1.82, 2.24) is 10.2 Å². The summed E-state index contributed by atoms with van der Waals surface area (Å²) in [6.45, 7) is 2.75. The maximum atomic E-state index is 13.4.